The lowest BCUT2D eigenvalue weighted by Crippen LogP contribution is -2.15. The average Bonchev–Trinajstić information content (AvgIpc) is 2.48. The molecule has 19 heavy (non-hydrogen) atoms. The van der Waals surface area contributed by atoms with Gasteiger partial charge in [-0.05, 0) is 48.9 Å². The first kappa shape index (κ1) is 12.3. The molecule has 0 fully saturated rings. The fourth-order valence-electron chi connectivity index (χ4n) is 2.79. The van der Waals surface area contributed by atoms with E-state index in [4.69, 9.17) is 5.73 Å². The van der Waals surface area contributed by atoms with Crippen molar-refractivity contribution in [1.29, 1.82) is 0 Å². The van der Waals surface area contributed by atoms with Crippen LogP contribution in [0.5, 0.6) is 0 Å². The van der Waals surface area contributed by atoms with Gasteiger partial charge in [-0.15, -0.1) is 0 Å². The van der Waals surface area contributed by atoms with E-state index in [0.717, 1.165) is 37.1 Å². The Bertz CT molecular complexity index is 548. The van der Waals surface area contributed by atoms with E-state index in [-0.39, 0.29) is 0 Å². The topological polar surface area (TPSA) is 51.8 Å². The highest BCUT2D eigenvalue weighted by molar-refractivity contribution is 5.31. The van der Waals surface area contributed by atoms with Crippen LogP contribution < -0.4 is 5.73 Å². The molecule has 1 aliphatic rings. The molecule has 3 nitrogen and oxygen atoms in total. The average molecular weight is 253 g/mol. The van der Waals surface area contributed by atoms with Gasteiger partial charge < -0.3 is 5.73 Å². The molecule has 0 aliphatic heterocycles. The molecule has 1 aromatic carbocycles. The first-order valence-electron chi connectivity index (χ1n) is 6.94. The zero-order chi connectivity index (χ0) is 13.1. The monoisotopic (exact) mass is 253 g/mol. The zero-order valence-corrected chi connectivity index (χ0v) is 11.0. The molecule has 98 valence electrons. The number of fused-ring (bicyclic) bond motifs is 1. The number of nitrogens with zero attached hydrogens (tertiary/aromatic N) is 2. The highest BCUT2D eigenvalue weighted by atomic mass is 14.9. The van der Waals surface area contributed by atoms with Crippen molar-refractivity contribution in [3.63, 3.8) is 0 Å². The number of hydrogen-bond acceptors (Lipinski definition) is 3. The summed E-state index contributed by atoms with van der Waals surface area (Å²) < 4.78 is 0. The molecule has 0 saturated carbocycles. The van der Waals surface area contributed by atoms with Gasteiger partial charge >= 0.3 is 0 Å². The van der Waals surface area contributed by atoms with E-state index in [1.54, 1.807) is 0 Å². The molecule has 0 amide bonds. The Morgan fingerprint density at radius 2 is 1.84 bits per heavy atom. The van der Waals surface area contributed by atoms with Gasteiger partial charge in [-0.25, -0.2) is 9.97 Å². The molecule has 0 radical (unpaired) electrons. The summed E-state index contributed by atoms with van der Waals surface area (Å²) in [4.78, 5) is 9.05. The van der Waals surface area contributed by atoms with Crippen molar-refractivity contribution in [2.24, 2.45) is 5.73 Å². The lowest BCUT2D eigenvalue weighted by molar-refractivity contribution is 0.554. The minimum absolute atomic E-state index is 0.460. The van der Waals surface area contributed by atoms with E-state index in [1.165, 1.54) is 11.1 Å². The normalized spacial score (nSPS) is 18.1. The summed E-state index contributed by atoms with van der Waals surface area (Å²) in [7, 11) is 0. The summed E-state index contributed by atoms with van der Waals surface area (Å²) in [6.45, 7) is 0.652. The molecule has 0 saturated heterocycles. The smallest absolute Gasteiger partial charge is 0.131 e. The standard InChI is InChI=1S/C16H19N3/c17-8-7-12-10-18-16(19-11-12)15-6-5-13-3-1-2-4-14(13)9-15/h1-4,10-11,15H,5-9,17H2. The molecule has 0 bridgehead atoms. The first-order valence-corrected chi connectivity index (χ1v) is 6.94. The van der Waals surface area contributed by atoms with Crippen molar-refractivity contribution in [2.75, 3.05) is 6.54 Å². The fraction of sp³-hybridized carbons (Fsp3) is 0.375. The van der Waals surface area contributed by atoms with Gasteiger partial charge in [-0.1, -0.05) is 24.3 Å². The minimum Gasteiger partial charge on any atom is -0.330 e. The van der Waals surface area contributed by atoms with Gasteiger partial charge in [0, 0.05) is 18.3 Å². The van der Waals surface area contributed by atoms with Gasteiger partial charge in [-0.3, -0.25) is 0 Å². The summed E-state index contributed by atoms with van der Waals surface area (Å²) in [6.07, 6.45) is 8.05. The number of aryl methyl sites for hydroxylation is 1. The predicted octanol–water partition coefficient (Wildman–Crippen LogP) is 2.25. The molecule has 3 heteroatoms. The number of rotatable bonds is 3. The second-order valence-corrected chi connectivity index (χ2v) is 5.20. The number of hydrogen-bond donors (Lipinski definition) is 1. The van der Waals surface area contributed by atoms with E-state index in [1.807, 2.05) is 12.4 Å². The van der Waals surface area contributed by atoms with Crippen LogP contribution in [0.3, 0.4) is 0 Å². The Morgan fingerprint density at radius 1 is 1.11 bits per heavy atom. The highest BCUT2D eigenvalue weighted by Crippen LogP contribution is 2.30. The Hall–Kier alpha value is -1.74. The molecule has 0 spiro atoms. The largest absolute Gasteiger partial charge is 0.330 e. The quantitative estimate of drug-likeness (QED) is 0.912. The molecule has 2 N–H and O–H groups in total. The summed E-state index contributed by atoms with van der Waals surface area (Å²) in [6, 6.07) is 8.70. The summed E-state index contributed by atoms with van der Waals surface area (Å²) >= 11 is 0. The third kappa shape index (κ3) is 2.66. The van der Waals surface area contributed by atoms with E-state index >= 15 is 0 Å². The van der Waals surface area contributed by atoms with Crippen molar-refractivity contribution in [3.8, 4) is 0 Å². The Balaban J connectivity index is 1.77. The minimum atomic E-state index is 0.460. The Kier molecular flexibility index (Phi) is 3.56. The van der Waals surface area contributed by atoms with Crippen LogP contribution in [-0.2, 0) is 19.3 Å². The maximum Gasteiger partial charge on any atom is 0.131 e. The molecule has 1 aromatic heterocycles. The maximum atomic E-state index is 5.54. The lowest BCUT2D eigenvalue weighted by Gasteiger charge is -2.23. The Morgan fingerprint density at radius 3 is 2.58 bits per heavy atom. The predicted molar refractivity (Wildman–Crippen MR) is 76.0 cm³/mol. The van der Waals surface area contributed by atoms with Crippen LogP contribution in [0.25, 0.3) is 0 Å². The molecular formula is C16H19N3. The van der Waals surface area contributed by atoms with Gasteiger partial charge in [0.1, 0.15) is 5.82 Å². The third-order valence-electron chi connectivity index (χ3n) is 3.87. The lowest BCUT2D eigenvalue weighted by atomic mass is 9.83. The second kappa shape index (κ2) is 5.49. The fourth-order valence-corrected chi connectivity index (χ4v) is 2.79. The van der Waals surface area contributed by atoms with E-state index in [2.05, 4.69) is 34.2 Å². The Labute approximate surface area is 113 Å². The van der Waals surface area contributed by atoms with Crippen molar-refractivity contribution in [3.05, 3.63) is 59.2 Å². The van der Waals surface area contributed by atoms with Crippen molar-refractivity contribution >= 4 is 0 Å². The molecule has 1 unspecified atom stereocenters. The van der Waals surface area contributed by atoms with Crippen LogP contribution in [0.4, 0.5) is 0 Å². The molecule has 1 heterocycles. The summed E-state index contributed by atoms with van der Waals surface area (Å²) in [5, 5.41) is 0. The van der Waals surface area contributed by atoms with Crippen LogP contribution in [0, 0.1) is 0 Å². The zero-order valence-electron chi connectivity index (χ0n) is 11.0. The van der Waals surface area contributed by atoms with Crippen LogP contribution in [0.2, 0.25) is 0 Å². The molecule has 1 atom stereocenters. The van der Waals surface area contributed by atoms with Gasteiger partial charge in [0.25, 0.3) is 0 Å². The number of nitrogens with two attached hydrogens (primary N) is 1. The summed E-state index contributed by atoms with van der Waals surface area (Å²) in [5.41, 5.74) is 9.60. The molecular weight excluding hydrogens is 234 g/mol. The van der Waals surface area contributed by atoms with E-state index in [0.29, 0.717) is 12.5 Å². The van der Waals surface area contributed by atoms with Crippen molar-refractivity contribution in [2.45, 2.75) is 31.6 Å². The van der Waals surface area contributed by atoms with E-state index in [9.17, 15) is 0 Å². The van der Waals surface area contributed by atoms with Crippen molar-refractivity contribution in [1.82, 2.24) is 9.97 Å². The van der Waals surface area contributed by atoms with Gasteiger partial charge in [0.15, 0.2) is 0 Å². The molecule has 1 aliphatic carbocycles. The van der Waals surface area contributed by atoms with Crippen LogP contribution >= 0.6 is 0 Å². The molecule has 3 rings (SSSR count). The first-order chi connectivity index (χ1) is 9.36. The SMILES string of the molecule is NCCc1cnc(C2CCc3ccccc3C2)nc1. The third-order valence-corrected chi connectivity index (χ3v) is 3.87. The number of benzene rings is 1. The van der Waals surface area contributed by atoms with Gasteiger partial charge in [-0.2, -0.15) is 0 Å². The maximum absolute atomic E-state index is 5.54. The van der Waals surface area contributed by atoms with Gasteiger partial charge in [0.05, 0.1) is 0 Å². The highest BCUT2D eigenvalue weighted by Gasteiger charge is 2.21. The van der Waals surface area contributed by atoms with Crippen LogP contribution in [0.1, 0.15) is 34.9 Å². The van der Waals surface area contributed by atoms with Gasteiger partial charge in [0.2, 0.25) is 0 Å². The number of aromatic nitrogens is 2. The van der Waals surface area contributed by atoms with Crippen LogP contribution in [0.15, 0.2) is 36.7 Å². The van der Waals surface area contributed by atoms with Crippen LogP contribution in [-0.4, -0.2) is 16.5 Å². The second-order valence-electron chi connectivity index (χ2n) is 5.20. The summed E-state index contributed by atoms with van der Waals surface area (Å²) in [5.74, 6) is 1.44. The van der Waals surface area contributed by atoms with E-state index < -0.39 is 0 Å². The van der Waals surface area contributed by atoms with Crippen molar-refractivity contribution < 1.29 is 0 Å². The molecule has 2 aromatic rings.